The third-order valence-electron chi connectivity index (χ3n) is 3.63. The van der Waals surface area contributed by atoms with Crippen LogP contribution in [0.2, 0.25) is 5.02 Å². The molecule has 1 heterocycles. The van der Waals surface area contributed by atoms with E-state index in [0.29, 0.717) is 27.8 Å². The predicted octanol–water partition coefficient (Wildman–Crippen LogP) is 4.84. The molecule has 7 heteroatoms. The molecule has 0 saturated carbocycles. The smallest absolute Gasteiger partial charge is 0.340 e. The minimum Gasteiger partial charge on any atom is -0.493 e. The van der Waals surface area contributed by atoms with Gasteiger partial charge in [-0.05, 0) is 30.3 Å². The fraction of sp³-hybridized carbons (Fsp3) is 0.158. The standard InChI is InChI=1S/C19H16ClNO4S/c1-23-16-8-7-12(9-17(16)24-2)18-21-13(11-26-18)10-25-19(22)14-5-3-4-6-15(14)20/h3-9,11H,10H2,1-2H3. The lowest BCUT2D eigenvalue weighted by Crippen LogP contribution is -2.06. The van der Waals surface area contributed by atoms with Crippen molar-refractivity contribution in [2.75, 3.05) is 14.2 Å². The molecule has 0 spiro atoms. The Kier molecular flexibility index (Phi) is 5.75. The largest absolute Gasteiger partial charge is 0.493 e. The molecule has 0 saturated heterocycles. The maximum Gasteiger partial charge on any atom is 0.340 e. The molecule has 5 nitrogen and oxygen atoms in total. The van der Waals surface area contributed by atoms with Crippen LogP contribution >= 0.6 is 22.9 Å². The molecule has 2 aromatic carbocycles. The van der Waals surface area contributed by atoms with Crippen LogP contribution in [0.5, 0.6) is 11.5 Å². The van der Waals surface area contributed by atoms with Crippen molar-refractivity contribution in [1.82, 2.24) is 4.98 Å². The zero-order valence-electron chi connectivity index (χ0n) is 14.2. The molecule has 0 aliphatic carbocycles. The summed E-state index contributed by atoms with van der Waals surface area (Å²) in [5.41, 5.74) is 1.90. The molecule has 0 fully saturated rings. The fourth-order valence-electron chi connectivity index (χ4n) is 2.32. The van der Waals surface area contributed by atoms with Gasteiger partial charge in [-0.3, -0.25) is 0 Å². The van der Waals surface area contributed by atoms with E-state index in [0.717, 1.165) is 10.6 Å². The molecular formula is C19H16ClNO4S. The first kappa shape index (κ1) is 18.2. The van der Waals surface area contributed by atoms with Crippen molar-refractivity contribution in [2.24, 2.45) is 0 Å². The van der Waals surface area contributed by atoms with E-state index in [1.165, 1.54) is 11.3 Å². The minimum atomic E-state index is -0.476. The molecule has 0 N–H and O–H groups in total. The van der Waals surface area contributed by atoms with E-state index in [4.69, 9.17) is 25.8 Å². The van der Waals surface area contributed by atoms with Crippen molar-refractivity contribution in [3.63, 3.8) is 0 Å². The van der Waals surface area contributed by atoms with E-state index < -0.39 is 5.97 Å². The number of methoxy groups -OCH3 is 2. The summed E-state index contributed by atoms with van der Waals surface area (Å²) in [6.45, 7) is 0.0772. The van der Waals surface area contributed by atoms with Crippen LogP contribution in [0, 0.1) is 0 Å². The van der Waals surface area contributed by atoms with Gasteiger partial charge in [0.1, 0.15) is 11.6 Å². The van der Waals surface area contributed by atoms with Crippen molar-refractivity contribution >= 4 is 28.9 Å². The second kappa shape index (κ2) is 8.21. The maximum absolute atomic E-state index is 12.1. The van der Waals surface area contributed by atoms with Gasteiger partial charge < -0.3 is 14.2 Å². The lowest BCUT2D eigenvalue weighted by atomic mass is 10.2. The monoisotopic (exact) mass is 389 g/mol. The Labute approximate surface area is 160 Å². The van der Waals surface area contributed by atoms with Crippen LogP contribution in [0.25, 0.3) is 10.6 Å². The van der Waals surface area contributed by atoms with Crippen molar-refractivity contribution < 1.29 is 19.0 Å². The predicted molar refractivity (Wildman–Crippen MR) is 101 cm³/mol. The quantitative estimate of drug-likeness (QED) is 0.565. The Morgan fingerprint density at radius 3 is 2.62 bits per heavy atom. The molecule has 0 amide bonds. The summed E-state index contributed by atoms with van der Waals surface area (Å²) >= 11 is 7.46. The first-order valence-electron chi connectivity index (χ1n) is 7.71. The molecule has 26 heavy (non-hydrogen) atoms. The number of halogens is 1. The highest BCUT2D eigenvalue weighted by atomic mass is 35.5. The number of benzene rings is 2. The Balaban J connectivity index is 1.70. The molecule has 1 aromatic heterocycles. The molecular weight excluding hydrogens is 374 g/mol. The third kappa shape index (κ3) is 3.98. The van der Waals surface area contributed by atoms with E-state index in [2.05, 4.69) is 4.98 Å². The van der Waals surface area contributed by atoms with Gasteiger partial charge in [-0.15, -0.1) is 11.3 Å². The van der Waals surface area contributed by atoms with Crippen molar-refractivity contribution in [2.45, 2.75) is 6.61 Å². The van der Waals surface area contributed by atoms with Crippen LogP contribution in [0.4, 0.5) is 0 Å². The summed E-state index contributed by atoms with van der Waals surface area (Å²) in [4.78, 5) is 16.6. The average molecular weight is 390 g/mol. The van der Waals surface area contributed by atoms with Crippen molar-refractivity contribution in [1.29, 1.82) is 0 Å². The highest BCUT2D eigenvalue weighted by Gasteiger charge is 2.13. The van der Waals surface area contributed by atoms with Gasteiger partial charge in [0.15, 0.2) is 11.5 Å². The molecule has 3 rings (SSSR count). The van der Waals surface area contributed by atoms with E-state index in [1.54, 1.807) is 38.5 Å². The van der Waals surface area contributed by atoms with Gasteiger partial charge in [-0.2, -0.15) is 0 Å². The number of nitrogens with zero attached hydrogens (tertiary/aromatic N) is 1. The number of rotatable bonds is 6. The number of ether oxygens (including phenoxy) is 3. The Morgan fingerprint density at radius 1 is 1.12 bits per heavy atom. The zero-order valence-corrected chi connectivity index (χ0v) is 15.8. The van der Waals surface area contributed by atoms with Gasteiger partial charge in [0.2, 0.25) is 0 Å². The Bertz CT molecular complexity index is 925. The number of carbonyl (C=O) groups is 1. The highest BCUT2D eigenvalue weighted by Crippen LogP contribution is 2.33. The Morgan fingerprint density at radius 2 is 1.88 bits per heavy atom. The second-order valence-corrected chi connectivity index (χ2v) is 6.54. The van der Waals surface area contributed by atoms with Gasteiger partial charge in [-0.25, -0.2) is 9.78 Å². The Hall–Kier alpha value is -2.57. The van der Waals surface area contributed by atoms with Crippen molar-refractivity contribution in [3.05, 3.63) is 64.1 Å². The van der Waals surface area contributed by atoms with Crippen LogP contribution in [0.3, 0.4) is 0 Å². The lowest BCUT2D eigenvalue weighted by molar-refractivity contribution is 0.0468. The van der Waals surface area contributed by atoms with Gasteiger partial charge >= 0.3 is 5.97 Å². The number of hydrogen-bond donors (Lipinski definition) is 0. The first-order valence-corrected chi connectivity index (χ1v) is 8.96. The van der Waals surface area contributed by atoms with E-state index in [1.807, 2.05) is 23.6 Å². The molecule has 0 aliphatic rings. The number of carbonyl (C=O) groups excluding carboxylic acids is 1. The van der Waals surface area contributed by atoms with Gasteiger partial charge in [0.25, 0.3) is 0 Å². The maximum atomic E-state index is 12.1. The summed E-state index contributed by atoms with van der Waals surface area (Å²) < 4.78 is 15.9. The van der Waals surface area contributed by atoms with Crippen LogP contribution in [0.15, 0.2) is 47.8 Å². The summed E-state index contributed by atoms with van der Waals surface area (Å²) in [7, 11) is 3.18. The van der Waals surface area contributed by atoms with E-state index >= 15 is 0 Å². The molecule has 0 atom stereocenters. The minimum absolute atomic E-state index is 0.0772. The first-order chi connectivity index (χ1) is 12.6. The third-order valence-corrected chi connectivity index (χ3v) is 4.90. The summed E-state index contributed by atoms with van der Waals surface area (Å²) in [6.07, 6.45) is 0. The molecule has 0 unspecified atom stereocenters. The number of aromatic nitrogens is 1. The van der Waals surface area contributed by atoms with E-state index in [-0.39, 0.29) is 6.61 Å². The fourth-order valence-corrected chi connectivity index (χ4v) is 3.33. The number of hydrogen-bond acceptors (Lipinski definition) is 6. The number of esters is 1. The van der Waals surface area contributed by atoms with Gasteiger partial charge in [0.05, 0.1) is 30.5 Å². The van der Waals surface area contributed by atoms with E-state index in [9.17, 15) is 4.79 Å². The molecule has 134 valence electrons. The summed E-state index contributed by atoms with van der Waals surface area (Å²) in [5.74, 6) is 0.810. The topological polar surface area (TPSA) is 57.7 Å². The average Bonchev–Trinajstić information content (AvgIpc) is 3.15. The van der Waals surface area contributed by atoms with Crippen molar-refractivity contribution in [3.8, 4) is 22.1 Å². The van der Waals surface area contributed by atoms with Crippen LogP contribution in [-0.4, -0.2) is 25.2 Å². The SMILES string of the molecule is COc1ccc(-c2nc(COC(=O)c3ccccc3Cl)cs2)cc1OC. The van der Waals surface area contributed by atoms with Crippen LogP contribution < -0.4 is 9.47 Å². The molecule has 0 aliphatic heterocycles. The summed E-state index contributed by atoms with van der Waals surface area (Å²) in [6, 6.07) is 12.4. The molecule has 0 bridgehead atoms. The molecule has 0 radical (unpaired) electrons. The van der Waals surface area contributed by atoms with Crippen LogP contribution in [-0.2, 0) is 11.3 Å². The second-order valence-electron chi connectivity index (χ2n) is 5.27. The van der Waals surface area contributed by atoms with Crippen LogP contribution in [0.1, 0.15) is 16.1 Å². The van der Waals surface area contributed by atoms with Gasteiger partial charge in [-0.1, -0.05) is 23.7 Å². The summed E-state index contributed by atoms with van der Waals surface area (Å²) in [5, 5.41) is 3.02. The lowest BCUT2D eigenvalue weighted by Gasteiger charge is -2.08. The number of thiazole rings is 1. The zero-order chi connectivity index (χ0) is 18.5. The van der Waals surface area contributed by atoms with Gasteiger partial charge in [0, 0.05) is 10.9 Å². The highest BCUT2D eigenvalue weighted by molar-refractivity contribution is 7.13. The molecule has 3 aromatic rings. The normalized spacial score (nSPS) is 10.4.